The summed E-state index contributed by atoms with van der Waals surface area (Å²) in [5, 5.41) is 4.15. The molecule has 0 saturated carbocycles. The maximum Gasteiger partial charge on any atom is 0.0996 e. The van der Waals surface area contributed by atoms with Crippen LogP contribution in [0.4, 0.5) is 5.69 Å². The third-order valence-electron chi connectivity index (χ3n) is 2.79. The predicted molar refractivity (Wildman–Crippen MR) is 82.6 cm³/mol. The van der Waals surface area contributed by atoms with Gasteiger partial charge in [0.15, 0.2) is 0 Å². The van der Waals surface area contributed by atoms with Gasteiger partial charge in [-0.25, -0.2) is 0 Å². The van der Waals surface area contributed by atoms with E-state index >= 15 is 0 Å². The summed E-state index contributed by atoms with van der Waals surface area (Å²) in [6.45, 7) is 4.03. The lowest BCUT2D eigenvalue weighted by molar-refractivity contribution is 0.888. The van der Waals surface area contributed by atoms with Gasteiger partial charge in [-0.1, -0.05) is 40.9 Å². The summed E-state index contributed by atoms with van der Waals surface area (Å²) in [6, 6.07) is 7.78. The van der Waals surface area contributed by atoms with Crippen LogP contribution in [0, 0.1) is 6.92 Å². The van der Waals surface area contributed by atoms with Crippen molar-refractivity contribution in [3.63, 3.8) is 0 Å². The standard InChI is InChI=1S/C13H12Cl3NS/c1-7-10(14)4-3-5-11(7)17-8(2)9-6-12(15)18-13(9)16/h3-6,8,17H,1-2H3. The molecule has 0 bridgehead atoms. The van der Waals surface area contributed by atoms with Crippen LogP contribution in [-0.4, -0.2) is 0 Å². The maximum absolute atomic E-state index is 6.15. The zero-order chi connectivity index (χ0) is 13.3. The molecule has 1 unspecified atom stereocenters. The molecule has 1 N–H and O–H groups in total. The van der Waals surface area contributed by atoms with Gasteiger partial charge in [-0.05, 0) is 37.6 Å². The monoisotopic (exact) mass is 319 g/mol. The molecule has 5 heteroatoms. The summed E-state index contributed by atoms with van der Waals surface area (Å²) in [5.74, 6) is 0. The minimum atomic E-state index is 0.0819. The zero-order valence-electron chi connectivity index (χ0n) is 9.93. The predicted octanol–water partition coefficient (Wildman–Crippen LogP) is 6.19. The lowest BCUT2D eigenvalue weighted by Crippen LogP contribution is -2.07. The molecule has 1 aromatic heterocycles. The Kier molecular flexibility index (Phi) is 4.44. The topological polar surface area (TPSA) is 12.0 Å². The fraction of sp³-hybridized carbons (Fsp3) is 0.231. The summed E-state index contributed by atoms with van der Waals surface area (Å²) in [7, 11) is 0. The number of thiophene rings is 1. The molecule has 0 spiro atoms. The molecule has 0 fully saturated rings. The van der Waals surface area contributed by atoms with Crippen molar-refractivity contribution in [1.82, 2.24) is 0 Å². The fourth-order valence-corrected chi connectivity index (χ4v) is 3.54. The van der Waals surface area contributed by atoms with E-state index in [-0.39, 0.29) is 6.04 Å². The molecule has 1 heterocycles. The molecule has 2 rings (SSSR count). The second-order valence-corrected chi connectivity index (χ2v) is 6.75. The van der Waals surface area contributed by atoms with Crippen molar-refractivity contribution in [2.75, 3.05) is 5.32 Å². The molecule has 1 aromatic carbocycles. The van der Waals surface area contributed by atoms with E-state index < -0.39 is 0 Å². The summed E-state index contributed by atoms with van der Waals surface area (Å²) in [6.07, 6.45) is 0. The molecule has 0 radical (unpaired) electrons. The van der Waals surface area contributed by atoms with Gasteiger partial charge in [-0.3, -0.25) is 0 Å². The Bertz CT molecular complexity index is 565. The van der Waals surface area contributed by atoms with Gasteiger partial charge in [-0.15, -0.1) is 11.3 Å². The van der Waals surface area contributed by atoms with E-state index in [2.05, 4.69) is 5.32 Å². The van der Waals surface area contributed by atoms with E-state index in [1.807, 2.05) is 38.1 Å². The number of nitrogens with one attached hydrogen (secondary N) is 1. The quantitative estimate of drug-likeness (QED) is 0.711. The van der Waals surface area contributed by atoms with Crippen molar-refractivity contribution in [2.45, 2.75) is 19.9 Å². The molecule has 1 nitrogen and oxygen atoms in total. The first-order valence-corrected chi connectivity index (χ1v) is 7.40. The van der Waals surface area contributed by atoms with E-state index in [1.54, 1.807) is 0 Å². The Morgan fingerprint density at radius 2 is 1.94 bits per heavy atom. The first kappa shape index (κ1) is 14.0. The van der Waals surface area contributed by atoms with Crippen LogP contribution < -0.4 is 5.32 Å². The molecular formula is C13H12Cl3NS. The second kappa shape index (κ2) is 5.70. The Hall–Kier alpha value is -0.410. The third kappa shape index (κ3) is 2.94. The maximum atomic E-state index is 6.15. The molecule has 0 saturated heterocycles. The number of halogens is 3. The van der Waals surface area contributed by atoms with E-state index in [0.717, 1.165) is 26.2 Å². The zero-order valence-corrected chi connectivity index (χ0v) is 13.0. The van der Waals surface area contributed by atoms with Gasteiger partial charge in [0.25, 0.3) is 0 Å². The highest BCUT2D eigenvalue weighted by atomic mass is 35.5. The van der Waals surface area contributed by atoms with Crippen molar-refractivity contribution in [2.24, 2.45) is 0 Å². The Morgan fingerprint density at radius 1 is 1.22 bits per heavy atom. The normalized spacial score (nSPS) is 12.5. The number of hydrogen-bond acceptors (Lipinski definition) is 2. The van der Waals surface area contributed by atoms with Crippen molar-refractivity contribution in [3.8, 4) is 0 Å². The van der Waals surface area contributed by atoms with Crippen molar-refractivity contribution in [3.05, 3.63) is 49.1 Å². The number of benzene rings is 1. The van der Waals surface area contributed by atoms with Gasteiger partial charge in [0, 0.05) is 16.3 Å². The van der Waals surface area contributed by atoms with Crippen LogP contribution in [0.15, 0.2) is 24.3 Å². The Labute approximate surface area is 126 Å². The highest BCUT2D eigenvalue weighted by molar-refractivity contribution is 7.20. The molecular weight excluding hydrogens is 309 g/mol. The number of rotatable bonds is 3. The first-order valence-electron chi connectivity index (χ1n) is 5.45. The van der Waals surface area contributed by atoms with E-state index in [9.17, 15) is 0 Å². The average Bonchev–Trinajstić information content (AvgIpc) is 2.64. The fourth-order valence-electron chi connectivity index (χ4n) is 1.72. The first-order chi connectivity index (χ1) is 8.49. The molecule has 96 valence electrons. The highest BCUT2D eigenvalue weighted by Gasteiger charge is 2.14. The highest BCUT2D eigenvalue weighted by Crippen LogP contribution is 2.36. The second-order valence-electron chi connectivity index (χ2n) is 4.06. The third-order valence-corrected chi connectivity index (χ3v) is 4.72. The van der Waals surface area contributed by atoms with E-state index in [1.165, 1.54) is 11.3 Å². The Balaban J connectivity index is 2.24. The van der Waals surface area contributed by atoms with Crippen LogP contribution in [0.2, 0.25) is 13.7 Å². The van der Waals surface area contributed by atoms with Gasteiger partial charge in [0.05, 0.1) is 14.7 Å². The van der Waals surface area contributed by atoms with Crippen LogP contribution in [0.1, 0.15) is 24.1 Å². The Morgan fingerprint density at radius 3 is 2.56 bits per heavy atom. The van der Waals surface area contributed by atoms with E-state index in [4.69, 9.17) is 34.8 Å². The van der Waals surface area contributed by atoms with Crippen LogP contribution >= 0.6 is 46.1 Å². The minimum absolute atomic E-state index is 0.0819. The smallest absolute Gasteiger partial charge is 0.0996 e. The lowest BCUT2D eigenvalue weighted by Gasteiger charge is -2.17. The van der Waals surface area contributed by atoms with Crippen molar-refractivity contribution < 1.29 is 0 Å². The largest absolute Gasteiger partial charge is 0.378 e. The number of anilines is 1. The summed E-state index contributed by atoms with van der Waals surface area (Å²) in [4.78, 5) is 0. The molecule has 0 amide bonds. The van der Waals surface area contributed by atoms with Crippen LogP contribution in [0.3, 0.4) is 0 Å². The summed E-state index contributed by atoms with van der Waals surface area (Å²) >= 11 is 19.6. The summed E-state index contributed by atoms with van der Waals surface area (Å²) < 4.78 is 1.42. The van der Waals surface area contributed by atoms with Gasteiger partial charge in [0.1, 0.15) is 0 Å². The molecule has 2 aromatic rings. The van der Waals surface area contributed by atoms with Gasteiger partial charge in [0.2, 0.25) is 0 Å². The van der Waals surface area contributed by atoms with Gasteiger partial charge in [-0.2, -0.15) is 0 Å². The molecule has 0 aliphatic rings. The number of hydrogen-bond donors (Lipinski definition) is 1. The summed E-state index contributed by atoms with van der Waals surface area (Å²) in [5.41, 5.74) is 3.04. The van der Waals surface area contributed by atoms with E-state index in [0.29, 0.717) is 4.34 Å². The molecule has 0 aliphatic carbocycles. The lowest BCUT2D eigenvalue weighted by atomic mass is 10.1. The molecule has 1 atom stereocenters. The average molecular weight is 321 g/mol. The SMILES string of the molecule is Cc1c(Cl)cccc1NC(C)c1cc(Cl)sc1Cl. The molecule has 18 heavy (non-hydrogen) atoms. The van der Waals surface area contributed by atoms with Gasteiger partial charge < -0.3 is 5.32 Å². The van der Waals surface area contributed by atoms with Crippen molar-refractivity contribution in [1.29, 1.82) is 0 Å². The molecule has 0 aliphatic heterocycles. The van der Waals surface area contributed by atoms with Gasteiger partial charge >= 0.3 is 0 Å². The minimum Gasteiger partial charge on any atom is -0.378 e. The van der Waals surface area contributed by atoms with Crippen LogP contribution in [0.25, 0.3) is 0 Å². The van der Waals surface area contributed by atoms with Crippen molar-refractivity contribution >= 4 is 51.8 Å². The van der Waals surface area contributed by atoms with Crippen LogP contribution in [-0.2, 0) is 0 Å². The van der Waals surface area contributed by atoms with Crippen LogP contribution in [0.5, 0.6) is 0 Å².